The van der Waals surface area contributed by atoms with Crippen LogP contribution in [0.3, 0.4) is 0 Å². The lowest BCUT2D eigenvalue weighted by Crippen LogP contribution is -2.45. The molecule has 1 aromatic rings. The van der Waals surface area contributed by atoms with Crippen LogP contribution in [0.25, 0.3) is 0 Å². The smallest absolute Gasteiger partial charge is 0.367 e. The van der Waals surface area contributed by atoms with Crippen molar-refractivity contribution < 1.29 is 23.8 Å². The van der Waals surface area contributed by atoms with E-state index in [0.29, 0.717) is 5.56 Å². The number of methoxy groups -OCH3 is 3. The minimum atomic E-state index is -1.69. The maximum Gasteiger partial charge on any atom is 0.367 e. The fourth-order valence-electron chi connectivity index (χ4n) is 1.56. The molecule has 0 aliphatic carbocycles. The van der Waals surface area contributed by atoms with Gasteiger partial charge in [0, 0.05) is 19.8 Å². The van der Waals surface area contributed by atoms with Crippen molar-refractivity contribution in [3.05, 3.63) is 35.9 Å². The molecule has 5 heteroatoms. The highest BCUT2D eigenvalue weighted by molar-refractivity contribution is 5.99. The summed E-state index contributed by atoms with van der Waals surface area (Å²) in [6.07, 6.45) is -0.239. The van der Waals surface area contributed by atoms with E-state index in [0.717, 1.165) is 0 Å². The zero-order chi connectivity index (χ0) is 13.6. The number of benzene rings is 1. The third kappa shape index (κ3) is 2.94. The van der Waals surface area contributed by atoms with E-state index in [1.54, 1.807) is 30.3 Å². The first-order valence-corrected chi connectivity index (χ1v) is 5.36. The van der Waals surface area contributed by atoms with E-state index >= 15 is 0 Å². The van der Waals surface area contributed by atoms with Gasteiger partial charge in [0.05, 0.1) is 13.5 Å². The van der Waals surface area contributed by atoms with Gasteiger partial charge in [0.2, 0.25) is 0 Å². The number of rotatable bonds is 6. The van der Waals surface area contributed by atoms with Gasteiger partial charge >= 0.3 is 5.97 Å². The quantitative estimate of drug-likeness (QED) is 0.435. The Labute approximate surface area is 106 Å². The molecule has 0 fully saturated rings. The molecule has 0 saturated heterocycles. The summed E-state index contributed by atoms with van der Waals surface area (Å²) in [5.41, 5.74) is 0.486. The molecule has 18 heavy (non-hydrogen) atoms. The minimum absolute atomic E-state index is 0.239. The van der Waals surface area contributed by atoms with Crippen molar-refractivity contribution in [2.24, 2.45) is 0 Å². The van der Waals surface area contributed by atoms with Crippen LogP contribution in [-0.2, 0) is 19.0 Å². The molecule has 0 N–H and O–H groups in total. The Hall–Kier alpha value is -1.72. The first-order valence-electron chi connectivity index (χ1n) is 5.36. The van der Waals surface area contributed by atoms with Crippen molar-refractivity contribution in [2.75, 3.05) is 21.3 Å². The number of ketones is 1. The molecule has 5 nitrogen and oxygen atoms in total. The summed E-state index contributed by atoms with van der Waals surface area (Å²) in [5, 5.41) is 0. The van der Waals surface area contributed by atoms with Crippen molar-refractivity contribution in [1.29, 1.82) is 0 Å². The SMILES string of the molecule is COC(=O)C(CC(=O)c1ccccc1)(OC)OC. The van der Waals surface area contributed by atoms with Crippen LogP contribution < -0.4 is 0 Å². The molecule has 0 aromatic heterocycles. The third-order valence-electron chi connectivity index (χ3n) is 2.64. The van der Waals surface area contributed by atoms with Gasteiger partial charge in [-0.05, 0) is 0 Å². The van der Waals surface area contributed by atoms with E-state index in [9.17, 15) is 9.59 Å². The van der Waals surface area contributed by atoms with Crippen LogP contribution in [0.2, 0.25) is 0 Å². The molecular formula is C13H16O5. The number of Topliss-reactive ketones (excluding diaryl/α,β-unsaturated/α-hetero) is 1. The third-order valence-corrected chi connectivity index (χ3v) is 2.64. The largest absolute Gasteiger partial charge is 0.465 e. The molecule has 0 radical (unpaired) electrons. The summed E-state index contributed by atoms with van der Waals surface area (Å²) in [6, 6.07) is 8.61. The van der Waals surface area contributed by atoms with Crippen molar-refractivity contribution in [2.45, 2.75) is 12.2 Å². The minimum Gasteiger partial charge on any atom is -0.465 e. The summed E-state index contributed by atoms with van der Waals surface area (Å²) in [6.45, 7) is 0. The molecule has 0 aliphatic rings. The standard InChI is InChI=1S/C13H16O5/c1-16-12(15)13(17-2,18-3)9-11(14)10-7-5-4-6-8-10/h4-8H,9H2,1-3H3. The second kappa shape index (κ2) is 6.28. The average molecular weight is 252 g/mol. The fraction of sp³-hybridized carbons (Fsp3) is 0.385. The van der Waals surface area contributed by atoms with Gasteiger partial charge < -0.3 is 14.2 Å². The summed E-state index contributed by atoms with van der Waals surface area (Å²) in [7, 11) is 3.79. The molecule has 0 spiro atoms. The van der Waals surface area contributed by atoms with E-state index in [4.69, 9.17) is 9.47 Å². The van der Waals surface area contributed by atoms with E-state index in [1.165, 1.54) is 21.3 Å². The van der Waals surface area contributed by atoms with Crippen LogP contribution in [0.1, 0.15) is 16.8 Å². The van der Waals surface area contributed by atoms with Crippen LogP contribution in [-0.4, -0.2) is 38.9 Å². The first-order chi connectivity index (χ1) is 8.59. The molecule has 0 aliphatic heterocycles. The first kappa shape index (κ1) is 14.3. The molecule has 0 amide bonds. The fourth-order valence-corrected chi connectivity index (χ4v) is 1.56. The highest BCUT2D eigenvalue weighted by Gasteiger charge is 2.42. The van der Waals surface area contributed by atoms with Crippen LogP contribution in [0, 0.1) is 0 Å². The van der Waals surface area contributed by atoms with E-state index in [2.05, 4.69) is 4.74 Å². The van der Waals surface area contributed by atoms with Gasteiger partial charge in [0.1, 0.15) is 0 Å². The van der Waals surface area contributed by atoms with Gasteiger partial charge in [-0.15, -0.1) is 0 Å². The lowest BCUT2D eigenvalue weighted by Gasteiger charge is -2.26. The summed E-state index contributed by atoms with van der Waals surface area (Å²) in [5.74, 6) is -2.69. The summed E-state index contributed by atoms with van der Waals surface area (Å²) in [4.78, 5) is 23.7. The molecule has 98 valence electrons. The lowest BCUT2D eigenvalue weighted by atomic mass is 10.0. The summed E-state index contributed by atoms with van der Waals surface area (Å²) >= 11 is 0. The Morgan fingerprint density at radius 3 is 2.06 bits per heavy atom. The molecule has 1 aromatic carbocycles. The zero-order valence-corrected chi connectivity index (χ0v) is 10.6. The summed E-state index contributed by atoms with van der Waals surface area (Å²) < 4.78 is 14.6. The Kier molecular flexibility index (Phi) is 5.00. The topological polar surface area (TPSA) is 61.8 Å². The Bertz CT molecular complexity index is 409. The van der Waals surface area contributed by atoms with Crippen molar-refractivity contribution in [3.63, 3.8) is 0 Å². The highest BCUT2D eigenvalue weighted by Crippen LogP contribution is 2.21. The van der Waals surface area contributed by atoms with Gasteiger partial charge in [-0.3, -0.25) is 4.79 Å². The molecule has 0 unspecified atom stereocenters. The van der Waals surface area contributed by atoms with Gasteiger partial charge in [0.15, 0.2) is 5.78 Å². The van der Waals surface area contributed by atoms with Crippen molar-refractivity contribution in [1.82, 2.24) is 0 Å². The predicted octanol–water partition coefficient (Wildman–Crippen LogP) is 1.42. The van der Waals surface area contributed by atoms with E-state index < -0.39 is 11.8 Å². The van der Waals surface area contributed by atoms with Crippen molar-refractivity contribution in [3.8, 4) is 0 Å². The number of hydrogen-bond acceptors (Lipinski definition) is 5. The predicted molar refractivity (Wildman–Crippen MR) is 64.2 cm³/mol. The van der Waals surface area contributed by atoms with E-state index in [1.807, 2.05) is 0 Å². The molecule has 0 bridgehead atoms. The van der Waals surface area contributed by atoms with Gasteiger partial charge in [-0.2, -0.15) is 0 Å². The van der Waals surface area contributed by atoms with Crippen LogP contribution in [0.15, 0.2) is 30.3 Å². The zero-order valence-electron chi connectivity index (χ0n) is 10.6. The van der Waals surface area contributed by atoms with Gasteiger partial charge in [0.25, 0.3) is 5.79 Å². The van der Waals surface area contributed by atoms with Gasteiger partial charge in [-0.25, -0.2) is 4.79 Å². The van der Waals surface area contributed by atoms with Crippen molar-refractivity contribution >= 4 is 11.8 Å². The Morgan fingerprint density at radius 2 is 1.61 bits per heavy atom. The maximum absolute atomic E-state index is 12.0. The lowest BCUT2D eigenvalue weighted by molar-refractivity contribution is -0.225. The second-order valence-electron chi connectivity index (χ2n) is 3.62. The molecule has 1 rings (SSSR count). The number of carbonyl (C=O) groups is 2. The molecule has 0 atom stereocenters. The molecule has 0 saturated carbocycles. The Morgan fingerprint density at radius 1 is 1.06 bits per heavy atom. The number of ether oxygens (including phenoxy) is 3. The van der Waals surface area contributed by atoms with Crippen LogP contribution >= 0.6 is 0 Å². The van der Waals surface area contributed by atoms with Gasteiger partial charge in [-0.1, -0.05) is 30.3 Å². The second-order valence-corrected chi connectivity index (χ2v) is 3.62. The maximum atomic E-state index is 12.0. The average Bonchev–Trinajstić information content (AvgIpc) is 2.44. The molecular weight excluding hydrogens is 236 g/mol. The highest BCUT2D eigenvalue weighted by atomic mass is 16.7. The Balaban J connectivity index is 2.92. The van der Waals surface area contributed by atoms with Crippen LogP contribution in [0.5, 0.6) is 0 Å². The normalized spacial score (nSPS) is 11.1. The number of hydrogen-bond donors (Lipinski definition) is 0. The molecule has 0 heterocycles. The van der Waals surface area contributed by atoms with E-state index in [-0.39, 0.29) is 12.2 Å². The number of esters is 1. The van der Waals surface area contributed by atoms with Crippen LogP contribution in [0.4, 0.5) is 0 Å². The number of carbonyl (C=O) groups excluding carboxylic acids is 2. The monoisotopic (exact) mass is 252 g/mol.